The normalized spacial score (nSPS) is 9.47. The van der Waals surface area contributed by atoms with Gasteiger partial charge in [-0.15, -0.1) is 0 Å². The number of methoxy groups -OCH3 is 2. The maximum absolute atomic E-state index is 10.5. The molecule has 0 atom stereocenters. The van der Waals surface area contributed by atoms with Crippen molar-refractivity contribution < 1.29 is 29.1 Å². The molecule has 4 aromatic carbocycles. The second kappa shape index (κ2) is 15.3. The van der Waals surface area contributed by atoms with Crippen LogP contribution in [0.2, 0.25) is 0 Å². The maximum Gasteiger partial charge on any atom is 0.488 e. The van der Waals surface area contributed by atoms with Crippen molar-refractivity contribution >= 4 is 41.1 Å². The fourth-order valence-electron chi connectivity index (χ4n) is 2.85. The van der Waals surface area contributed by atoms with Gasteiger partial charge in [-0.25, -0.2) is 0 Å². The molecule has 0 heterocycles. The number of benzene rings is 4. The number of hydrogen-bond acceptors (Lipinski definition) is 6. The van der Waals surface area contributed by atoms with E-state index in [-0.39, 0.29) is 0 Å². The van der Waals surface area contributed by atoms with Gasteiger partial charge in [-0.2, -0.15) is 0 Å². The molecule has 0 unspecified atom stereocenters. The Morgan fingerprint density at radius 1 is 0.611 bits per heavy atom. The lowest BCUT2D eigenvalue weighted by Crippen LogP contribution is -2.29. The predicted octanol–water partition coefficient (Wildman–Crippen LogP) is 4.81. The van der Waals surface area contributed by atoms with Crippen LogP contribution >= 0.6 is 15.9 Å². The van der Waals surface area contributed by atoms with E-state index in [1.807, 2.05) is 60.7 Å². The number of hydrogen-bond donors (Lipinski definition) is 2. The van der Waals surface area contributed by atoms with Gasteiger partial charge >= 0.3 is 7.12 Å². The molecule has 0 aliphatic rings. The van der Waals surface area contributed by atoms with Crippen molar-refractivity contribution in [2.45, 2.75) is 0 Å². The molecule has 0 saturated heterocycles. The van der Waals surface area contributed by atoms with Crippen LogP contribution in [-0.4, -0.2) is 44.0 Å². The number of carbonyl (C=O) groups excluding carboxylic acids is 2. The van der Waals surface area contributed by atoms with Crippen LogP contribution in [0.1, 0.15) is 20.7 Å². The molecule has 0 radical (unpaired) electrons. The lowest BCUT2D eigenvalue weighted by molar-refractivity contribution is 0.111. The molecule has 0 aliphatic heterocycles. The van der Waals surface area contributed by atoms with Crippen molar-refractivity contribution in [2.24, 2.45) is 0 Å². The quantitative estimate of drug-likeness (QED) is 0.265. The average Bonchev–Trinajstić information content (AvgIpc) is 2.94. The number of halogens is 1. The Bertz CT molecular complexity index is 1190. The highest BCUT2D eigenvalue weighted by Gasteiger charge is 2.09. The van der Waals surface area contributed by atoms with Crippen LogP contribution < -0.4 is 14.9 Å². The van der Waals surface area contributed by atoms with Crippen LogP contribution in [0.5, 0.6) is 11.5 Å². The molecule has 0 aliphatic carbocycles. The molecule has 0 spiro atoms. The number of ether oxygens (including phenoxy) is 2. The van der Waals surface area contributed by atoms with E-state index in [0.717, 1.165) is 33.9 Å². The lowest BCUT2D eigenvalue weighted by Gasteiger charge is -2.03. The van der Waals surface area contributed by atoms with Crippen molar-refractivity contribution in [3.8, 4) is 22.6 Å². The lowest BCUT2D eigenvalue weighted by atomic mass is 9.80. The first kappa shape index (κ1) is 28.5. The smallest absolute Gasteiger partial charge is 0.488 e. The maximum atomic E-state index is 10.5. The van der Waals surface area contributed by atoms with E-state index >= 15 is 0 Å². The highest BCUT2D eigenvalue weighted by atomic mass is 79.9. The number of carbonyl (C=O) groups is 2. The van der Waals surface area contributed by atoms with Gasteiger partial charge in [-0.3, -0.25) is 9.59 Å². The molecular weight excluding hydrogens is 523 g/mol. The molecule has 6 nitrogen and oxygen atoms in total. The van der Waals surface area contributed by atoms with E-state index in [4.69, 9.17) is 19.5 Å². The monoisotopic (exact) mass is 548 g/mol. The van der Waals surface area contributed by atoms with Crippen LogP contribution in [0, 0.1) is 0 Å². The fraction of sp³-hybridized carbons (Fsp3) is 0.0714. The summed E-state index contributed by atoms with van der Waals surface area (Å²) in [6.07, 6.45) is 1.67. The van der Waals surface area contributed by atoms with E-state index in [1.54, 1.807) is 50.6 Å². The molecule has 36 heavy (non-hydrogen) atoms. The highest BCUT2D eigenvalue weighted by molar-refractivity contribution is 9.10. The zero-order chi connectivity index (χ0) is 26.3. The van der Waals surface area contributed by atoms with Gasteiger partial charge in [0.2, 0.25) is 0 Å². The van der Waals surface area contributed by atoms with Gasteiger partial charge in [0.1, 0.15) is 24.1 Å². The largest absolute Gasteiger partial charge is 0.497 e. The Hall–Kier alpha value is -3.72. The van der Waals surface area contributed by atoms with Crippen molar-refractivity contribution in [3.05, 3.63) is 113 Å². The standard InChI is InChI=1S/C14H12O2.C7H9BO3.C7H5BrO/c1-16-14-8-6-13(7-9-14)12-4-2-11(10-15)3-5-12;1-11-7-4-2-6(3-5-7)8(9)10;8-7-3-1-6(5-9)2-4-7/h2-10H,1H3;2-5,9-10H,1H3;1-5H. The second-order valence-electron chi connectivity index (χ2n) is 7.28. The van der Waals surface area contributed by atoms with Crippen LogP contribution in [0.4, 0.5) is 0 Å². The summed E-state index contributed by atoms with van der Waals surface area (Å²) in [5, 5.41) is 17.4. The molecule has 0 amide bonds. The van der Waals surface area contributed by atoms with Gasteiger partial charge < -0.3 is 19.5 Å². The minimum Gasteiger partial charge on any atom is -0.497 e. The Balaban J connectivity index is 0.000000200. The molecule has 4 rings (SSSR count). The first-order valence-electron chi connectivity index (χ1n) is 10.8. The van der Waals surface area contributed by atoms with Crippen molar-refractivity contribution in [3.63, 3.8) is 0 Å². The molecule has 4 aromatic rings. The first-order valence-corrected chi connectivity index (χ1v) is 11.6. The minimum absolute atomic E-state index is 0.464. The first-order chi connectivity index (χ1) is 17.4. The molecule has 184 valence electrons. The van der Waals surface area contributed by atoms with Crippen LogP contribution in [0.25, 0.3) is 11.1 Å². The van der Waals surface area contributed by atoms with E-state index in [9.17, 15) is 9.59 Å². The zero-order valence-electron chi connectivity index (χ0n) is 19.9. The Labute approximate surface area is 219 Å². The third kappa shape index (κ3) is 9.50. The summed E-state index contributed by atoms with van der Waals surface area (Å²) >= 11 is 3.26. The third-order valence-corrected chi connectivity index (χ3v) is 5.42. The highest BCUT2D eigenvalue weighted by Crippen LogP contribution is 2.22. The molecule has 0 saturated carbocycles. The summed E-state index contributed by atoms with van der Waals surface area (Å²) in [7, 11) is 1.80. The number of rotatable bonds is 6. The van der Waals surface area contributed by atoms with E-state index in [2.05, 4.69) is 15.9 Å². The predicted molar refractivity (Wildman–Crippen MR) is 146 cm³/mol. The molecule has 0 bridgehead atoms. The molecule has 0 fully saturated rings. The SMILES string of the molecule is COc1ccc(-c2ccc(C=O)cc2)cc1.COc1ccc(B(O)O)cc1.O=Cc1ccc(Br)cc1. The summed E-state index contributed by atoms with van der Waals surface area (Å²) in [6.45, 7) is 0. The average molecular weight is 549 g/mol. The van der Waals surface area contributed by atoms with E-state index in [0.29, 0.717) is 22.3 Å². The topological polar surface area (TPSA) is 93.1 Å². The zero-order valence-corrected chi connectivity index (χ0v) is 21.5. The second-order valence-corrected chi connectivity index (χ2v) is 8.20. The van der Waals surface area contributed by atoms with Crippen LogP contribution in [-0.2, 0) is 0 Å². The van der Waals surface area contributed by atoms with Crippen LogP contribution in [0.15, 0.2) is 102 Å². The van der Waals surface area contributed by atoms with Gasteiger partial charge in [0.05, 0.1) is 14.2 Å². The summed E-state index contributed by atoms with van der Waals surface area (Å²) in [4.78, 5) is 20.6. The van der Waals surface area contributed by atoms with Gasteiger partial charge in [-0.1, -0.05) is 76.6 Å². The summed E-state index contributed by atoms with van der Waals surface area (Å²) in [6, 6.07) is 29.1. The molecular formula is C28H26BBrO6. The Kier molecular flexibility index (Phi) is 12.1. The van der Waals surface area contributed by atoms with Gasteiger partial charge in [0.15, 0.2) is 0 Å². The summed E-state index contributed by atoms with van der Waals surface area (Å²) in [5.41, 5.74) is 4.06. The Morgan fingerprint density at radius 3 is 1.33 bits per heavy atom. The van der Waals surface area contributed by atoms with Gasteiger partial charge in [0.25, 0.3) is 0 Å². The minimum atomic E-state index is -1.40. The molecule has 2 N–H and O–H groups in total. The molecule has 0 aromatic heterocycles. The number of aldehydes is 2. The van der Waals surface area contributed by atoms with E-state index in [1.165, 1.54) is 0 Å². The Morgan fingerprint density at radius 2 is 0.972 bits per heavy atom. The molecule has 8 heteroatoms. The van der Waals surface area contributed by atoms with Crippen molar-refractivity contribution in [1.82, 2.24) is 0 Å². The van der Waals surface area contributed by atoms with E-state index < -0.39 is 7.12 Å². The summed E-state index contributed by atoms with van der Waals surface area (Å²) < 4.78 is 11.0. The fourth-order valence-corrected chi connectivity index (χ4v) is 3.12. The summed E-state index contributed by atoms with van der Waals surface area (Å²) in [5.74, 6) is 1.54. The van der Waals surface area contributed by atoms with Crippen molar-refractivity contribution in [2.75, 3.05) is 14.2 Å². The van der Waals surface area contributed by atoms with Crippen molar-refractivity contribution in [1.29, 1.82) is 0 Å². The van der Waals surface area contributed by atoms with Gasteiger partial charge in [0, 0.05) is 15.6 Å². The van der Waals surface area contributed by atoms with Gasteiger partial charge in [-0.05, 0) is 53.0 Å². The third-order valence-electron chi connectivity index (χ3n) is 4.89. The van der Waals surface area contributed by atoms with Crippen LogP contribution in [0.3, 0.4) is 0 Å².